The lowest BCUT2D eigenvalue weighted by atomic mass is 9.95. The van der Waals surface area contributed by atoms with Crippen LogP contribution in [-0.2, 0) is 9.53 Å². The van der Waals surface area contributed by atoms with E-state index in [0.717, 1.165) is 0 Å². The number of aliphatic hydroxyl groups is 3. The van der Waals surface area contributed by atoms with E-state index in [1.165, 1.54) is 0 Å². The van der Waals surface area contributed by atoms with Crippen LogP contribution in [0.4, 0.5) is 0 Å². The van der Waals surface area contributed by atoms with E-state index in [9.17, 15) is 20.1 Å². The summed E-state index contributed by atoms with van der Waals surface area (Å²) in [5.74, 6) is -1.40. The number of carbonyl (C=O) groups is 1. The second kappa shape index (κ2) is 4.20. The second-order valence-electron chi connectivity index (χ2n) is 3.14. The summed E-state index contributed by atoms with van der Waals surface area (Å²) in [4.78, 5) is 10.6. The van der Waals surface area contributed by atoms with Gasteiger partial charge in [0.05, 0.1) is 6.10 Å². The van der Waals surface area contributed by atoms with Crippen molar-refractivity contribution in [1.29, 1.82) is 0 Å². The van der Waals surface area contributed by atoms with Gasteiger partial charge in [-0.3, -0.25) is 0 Å². The van der Waals surface area contributed by atoms with E-state index in [-0.39, 0.29) is 6.54 Å². The van der Waals surface area contributed by atoms with E-state index in [1.807, 2.05) is 0 Å². The van der Waals surface area contributed by atoms with Crippen LogP contribution < -0.4 is 5.73 Å². The molecule has 1 aliphatic rings. The second-order valence-corrected chi connectivity index (χ2v) is 3.14. The van der Waals surface area contributed by atoms with Gasteiger partial charge in [0.2, 0.25) is 0 Å². The normalized spacial score (nSPS) is 43.6. The molecule has 1 rings (SSSR count). The molecule has 0 aromatic rings. The van der Waals surface area contributed by atoms with Crippen LogP contribution in [0.2, 0.25) is 0 Å². The summed E-state index contributed by atoms with van der Waals surface area (Å²) in [6.45, 7) is -0.130. The van der Waals surface area contributed by atoms with Gasteiger partial charge in [-0.1, -0.05) is 0 Å². The lowest BCUT2D eigenvalue weighted by Crippen LogP contribution is -2.61. The highest BCUT2D eigenvalue weighted by Gasteiger charge is 2.46. The minimum Gasteiger partial charge on any atom is -0.479 e. The number of aliphatic carboxylic acids is 1. The molecule has 0 spiro atoms. The summed E-state index contributed by atoms with van der Waals surface area (Å²) < 4.78 is 4.81. The maximum atomic E-state index is 10.6. The van der Waals surface area contributed by atoms with Gasteiger partial charge >= 0.3 is 5.97 Å². The predicted molar refractivity (Wildman–Crippen MR) is 43.4 cm³/mol. The third kappa shape index (κ3) is 1.86. The monoisotopic (exact) mass is 207 g/mol. The minimum atomic E-state index is -1.65. The molecule has 82 valence electrons. The molecule has 0 aromatic carbocycles. The van der Waals surface area contributed by atoms with Gasteiger partial charge in [0.15, 0.2) is 6.10 Å². The first-order valence-electron chi connectivity index (χ1n) is 4.11. The van der Waals surface area contributed by atoms with Crippen LogP contribution in [0, 0.1) is 0 Å². The van der Waals surface area contributed by atoms with Crippen molar-refractivity contribution in [2.45, 2.75) is 30.5 Å². The van der Waals surface area contributed by atoms with Crippen molar-refractivity contribution in [2.75, 3.05) is 6.54 Å². The third-order valence-corrected chi connectivity index (χ3v) is 2.19. The highest BCUT2D eigenvalue weighted by atomic mass is 16.6. The number of rotatable bonds is 2. The van der Waals surface area contributed by atoms with E-state index in [1.54, 1.807) is 0 Å². The first-order valence-corrected chi connectivity index (χ1v) is 4.11. The fourth-order valence-electron chi connectivity index (χ4n) is 1.35. The van der Waals surface area contributed by atoms with E-state index >= 15 is 0 Å². The maximum absolute atomic E-state index is 10.6. The van der Waals surface area contributed by atoms with Crippen molar-refractivity contribution in [3.8, 4) is 0 Å². The Labute approximate surface area is 79.7 Å². The fraction of sp³-hybridized carbons (Fsp3) is 0.857. The first kappa shape index (κ1) is 11.3. The lowest BCUT2D eigenvalue weighted by Gasteiger charge is -2.38. The molecule has 0 saturated carbocycles. The number of ether oxygens (including phenoxy) is 1. The lowest BCUT2D eigenvalue weighted by molar-refractivity contribution is -0.225. The molecule has 0 aromatic heterocycles. The minimum absolute atomic E-state index is 0.130. The van der Waals surface area contributed by atoms with Crippen LogP contribution in [0.5, 0.6) is 0 Å². The highest BCUT2D eigenvalue weighted by Crippen LogP contribution is 2.20. The maximum Gasteiger partial charge on any atom is 0.335 e. The van der Waals surface area contributed by atoms with E-state index in [2.05, 4.69) is 0 Å². The van der Waals surface area contributed by atoms with Crippen molar-refractivity contribution < 1.29 is 30.0 Å². The Hall–Kier alpha value is -0.730. The van der Waals surface area contributed by atoms with Crippen LogP contribution in [-0.4, -0.2) is 63.5 Å². The smallest absolute Gasteiger partial charge is 0.335 e. The molecule has 1 fully saturated rings. The molecular weight excluding hydrogens is 194 g/mol. The Morgan fingerprint density at radius 1 is 1.21 bits per heavy atom. The highest BCUT2D eigenvalue weighted by molar-refractivity contribution is 5.73. The molecule has 6 N–H and O–H groups in total. The standard InChI is InChI=1S/C7H13NO6/c8-1-2-3(9)4(10)5(11)6(14-2)7(12)13/h2-6,9-11H,1,8H2,(H,12,13)/t2-,3+,4+,5-,6-/m1/s1. The molecule has 0 radical (unpaired) electrons. The molecule has 0 bridgehead atoms. The summed E-state index contributed by atoms with van der Waals surface area (Å²) in [6, 6.07) is 0. The summed E-state index contributed by atoms with van der Waals surface area (Å²) in [7, 11) is 0. The van der Waals surface area contributed by atoms with E-state index < -0.39 is 36.5 Å². The number of nitrogens with two attached hydrogens (primary N) is 1. The SMILES string of the molecule is NC[C@H]1O[C@@H](C(=O)O)[C@H](O)[C@@H](O)[C@H]1O. The molecule has 14 heavy (non-hydrogen) atoms. The Kier molecular flexibility index (Phi) is 3.40. The Bertz CT molecular complexity index is 220. The molecule has 1 aliphatic heterocycles. The summed E-state index contributed by atoms with van der Waals surface area (Å²) in [6.07, 6.45) is -7.11. The van der Waals surface area contributed by atoms with E-state index in [4.69, 9.17) is 15.6 Å². The van der Waals surface area contributed by atoms with Crippen molar-refractivity contribution in [2.24, 2.45) is 5.73 Å². The molecule has 0 unspecified atom stereocenters. The zero-order valence-corrected chi connectivity index (χ0v) is 7.28. The number of hydrogen-bond acceptors (Lipinski definition) is 6. The Morgan fingerprint density at radius 3 is 2.21 bits per heavy atom. The number of carboxylic acid groups (broad SMARTS) is 1. The molecular formula is C7H13NO6. The number of hydrogen-bond donors (Lipinski definition) is 5. The van der Waals surface area contributed by atoms with Gasteiger partial charge in [0, 0.05) is 6.54 Å². The van der Waals surface area contributed by atoms with Crippen molar-refractivity contribution >= 4 is 5.97 Å². The van der Waals surface area contributed by atoms with Gasteiger partial charge in [0.1, 0.15) is 18.3 Å². The average molecular weight is 207 g/mol. The molecule has 0 aliphatic carbocycles. The Morgan fingerprint density at radius 2 is 1.79 bits per heavy atom. The topological polar surface area (TPSA) is 133 Å². The van der Waals surface area contributed by atoms with Crippen LogP contribution >= 0.6 is 0 Å². The molecule has 0 amide bonds. The molecule has 5 atom stereocenters. The summed E-state index contributed by atoms with van der Waals surface area (Å²) >= 11 is 0. The van der Waals surface area contributed by atoms with Gasteiger partial charge < -0.3 is 30.9 Å². The number of carboxylic acids is 1. The van der Waals surface area contributed by atoms with Gasteiger partial charge in [-0.15, -0.1) is 0 Å². The van der Waals surface area contributed by atoms with Gasteiger partial charge in [-0.05, 0) is 0 Å². The van der Waals surface area contributed by atoms with Gasteiger partial charge in [-0.2, -0.15) is 0 Å². The van der Waals surface area contributed by atoms with Crippen LogP contribution in [0.3, 0.4) is 0 Å². The van der Waals surface area contributed by atoms with Gasteiger partial charge in [-0.25, -0.2) is 4.79 Å². The molecule has 7 heteroatoms. The number of aliphatic hydroxyl groups excluding tert-OH is 3. The average Bonchev–Trinajstić information content (AvgIpc) is 2.14. The Balaban J connectivity index is 2.78. The van der Waals surface area contributed by atoms with Crippen LogP contribution in [0.1, 0.15) is 0 Å². The fourth-order valence-corrected chi connectivity index (χ4v) is 1.35. The molecule has 7 nitrogen and oxygen atoms in total. The first-order chi connectivity index (χ1) is 6.49. The largest absolute Gasteiger partial charge is 0.479 e. The third-order valence-electron chi connectivity index (χ3n) is 2.19. The van der Waals surface area contributed by atoms with E-state index in [0.29, 0.717) is 0 Å². The van der Waals surface area contributed by atoms with Crippen LogP contribution in [0.25, 0.3) is 0 Å². The zero-order valence-electron chi connectivity index (χ0n) is 7.28. The molecule has 1 heterocycles. The van der Waals surface area contributed by atoms with Crippen molar-refractivity contribution in [1.82, 2.24) is 0 Å². The summed E-state index contributed by atoms with van der Waals surface area (Å²) in [5.41, 5.74) is 5.19. The zero-order chi connectivity index (χ0) is 10.9. The quantitative estimate of drug-likeness (QED) is 0.323. The van der Waals surface area contributed by atoms with Crippen molar-refractivity contribution in [3.63, 3.8) is 0 Å². The van der Waals surface area contributed by atoms with Crippen molar-refractivity contribution in [3.05, 3.63) is 0 Å². The predicted octanol–water partition coefficient (Wildman–Crippen LogP) is -3.12. The summed E-state index contributed by atoms with van der Waals surface area (Å²) in [5, 5.41) is 36.4. The molecule has 1 saturated heterocycles. The van der Waals surface area contributed by atoms with Crippen LogP contribution in [0.15, 0.2) is 0 Å². The van der Waals surface area contributed by atoms with Gasteiger partial charge in [0.25, 0.3) is 0 Å².